The zero-order valence-electron chi connectivity index (χ0n) is 27.6. The van der Waals surface area contributed by atoms with Crippen molar-refractivity contribution in [1.82, 2.24) is 19.9 Å². The molecule has 2 fully saturated rings. The van der Waals surface area contributed by atoms with Gasteiger partial charge >= 0.3 is 24.3 Å². The average Bonchev–Trinajstić information content (AvgIpc) is 3.56. The quantitative estimate of drug-likeness (QED) is 0.169. The minimum Gasteiger partial charge on any atom is -0.508 e. The number of carboxylic acids is 1. The second-order valence-electron chi connectivity index (χ2n) is 12.7. The van der Waals surface area contributed by atoms with Crippen molar-refractivity contribution in [3.05, 3.63) is 41.5 Å². The summed E-state index contributed by atoms with van der Waals surface area (Å²) >= 11 is 0. The molecule has 0 saturated carbocycles. The number of terminal acetylenes is 1. The molecule has 4 aromatic rings. The van der Waals surface area contributed by atoms with E-state index in [4.69, 9.17) is 25.8 Å². The zero-order valence-corrected chi connectivity index (χ0v) is 27.6. The molecule has 11 nitrogen and oxygen atoms in total. The van der Waals surface area contributed by atoms with Crippen LogP contribution in [0.1, 0.15) is 24.8 Å². The number of anilines is 1. The van der Waals surface area contributed by atoms with Crippen LogP contribution in [0.5, 0.6) is 17.6 Å². The number of phenols is 1. The molecular formula is C34H28F9N5O6. The number of fused-ring (bicyclic) bond motifs is 2. The Morgan fingerprint density at radius 3 is 2.48 bits per heavy atom. The van der Waals surface area contributed by atoms with E-state index < -0.39 is 96.4 Å². The van der Waals surface area contributed by atoms with E-state index in [-0.39, 0.29) is 52.6 Å². The van der Waals surface area contributed by atoms with Crippen molar-refractivity contribution in [3.8, 4) is 41.2 Å². The normalized spacial score (nSPS) is 21.2. The number of rotatable bonds is 6. The number of aliphatic carboxylic acids is 1. The van der Waals surface area contributed by atoms with E-state index in [0.29, 0.717) is 13.0 Å². The Morgan fingerprint density at radius 1 is 1.11 bits per heavy atom. The summed E-state index contributed by atoms with van der Waals surface area (Å²) in [5, 5.41) is 27.3. The Bertz CT molecular complexity index is 2160. The third-order valence-electron chi connectivity index (χ3n) is 9.38. The van der Waals surface area contributed by atoms with E-state index in [0.717, 1.165) is 23.5 Å². The molecule has 3 atom stereocenters. The molecule has 2 saturated heterocycles. The highest BCUT2D eigenvalue weighted by molar-refractivity contribution is 6.04. The third-order valence-corrected chi connectivity index (χ3v) is 9.38. The summed E-state index contributed by atoms with van der Waals surface area (Å²) in [6, 6.07) is 1.96. The number of alkyl halides is 7. The summed E-state index contributed by atoms with van der Waals surface area (Å²) in [4.78, 5) is 24.3. The molecule has 3 aliphatic rings. The lowest BCUT2D eigenvalue weighted by molar-refractivity contribution is -0.192. The standard InChI is InChI=1S/C32H27F6N5O4.C2HF3O2/c1-2-19-21(34)5-4-16-10-18(45)11-20(23(16)19)26-25(35)27-24-28(43(8-9-44)22(32(36,37)38)14-46-29(24)39-26)41-30(40-27)47-15-31-6-3-7-42(31)13-17(33)12-31;3-2(4,5)1(6)7/h1,4-5,10-11,17,22,44-45H,3,6-9,12-15H2;(H,6,7)/t17-,22?,31+;/m1./s1. The van der Waals surface area contributed by atoms with Gasteiger partial charge in [0, 0.05) is 30.5 Å². The second kappa shape index (κ2) is 14.2. The number of aliphatic hydroxyl groups excluding tert-OH is 1. The van der Waals surface area contributed by atoms with Crippen LogP contribution in [0.4, 0.5) is 45.3 Å². The highest BCUT2D eigenvalue weighted by Gasteiger charge is 2.50. The van der Waals surface area contributed by atoms with E-state index in [1.807, 2.05) is 4.90 Å². The maximum absolute atomic E-state index is 16.8. The van der Waals surface area contributed by atoms with E-state index >= 15 is 4.39 Å². The van der Waals surface area contributed by atoms with Crippen molar-refractivity contribution in [2.75, 3.05) is 44.4 Å². The van der Waals surface area contributed by atoms with Crippen LogP contribution in [-0.4, -0.2) is 111 Å². The fourth-order valence-electron chi connectivity index (χ4n) is 7.10. The smallest absolute Gasteiger partial charge is 0.490 e. The SMILES string of the molecule is C#Cc1c(F)ccc2cc(O)cc(-c3nc4c5c(nc(OC[C@@]67CCCN6C[C@H](F)C7)nc5c3F)N(CCO)C(C(F)(F)F)CO4)c12.O=C(O)C(F)(F)F. The summed E-state index contributed by atoms with van der Waals surface area (Å²) in [6.45, 7) is -1.54. The largest absolute Gasteiger partial charge is 0.508 e. The van der Waals surface area contributed by atoms with Gasteiger partial charge in [0.25, 0.3) is 0 Å². The molecule has 0 aliphatic carbocycles. The van der Waals surface area contributed by atoms with Crippen molar-refractivity contribution < 1.29 is 69.1 Å². The molecule has 0 amide bonds. The highest BCUT2D eigenvalue weighted by Crippen LogP contribution is 2.45. The second-order valence-corrected chi connectivity index (χ2v) is 12.7. The maximum atomic E-state index is 16.8. The first kappa shape index (κ1) is 38.4. The third kappa shape index (κ3) is 7.04. The Balaban J connectivity index is 0.000000649. The molecule has 54 heavy (non-hydrogen) atoms. The lowest BCUT2D eigenvalue weighted by atomic mass is 9.95. The average molecular weight is 774 g/mol. The summed E-state index contributed by atoms with van der Waals surface area (Å²) in [5.74, 6) is -3.77. The first-order valence-corrected chi connectivity index (χ1v) is 16.1. The number of pyridine rings is 1. The predicted molar refractivity (Wildman–Crippen MR) is 172 cm³/mol. The fraction of sp³-hybridized carbons (Fsp3) is 0.412. The van der Waals surface area contributed by atoms with Crippen LogP contribution in [0, 0.1) is 24.0 Å². The molecular weight excluding hydrogens is 745 g/mol. The molecule has 1 unspecified atom stereocenters. The molecule has 5 heterocycles. The number of halogens is 9. The van der Waals surface area contributed by atoms with Crippen molar-refractivity contribution in [2.24, 2.45) is 0 Å². The zero-order chi connectivity index (χ0) is 39.3. The van der Waals surface area contributed by atoms with Gasteiger partial charge in [0.05, 0.1) is 17.7 Å². The van der Waals surface area contributed by atoms with Gasteiger partial charge in [0.15, 0.2) is 11.9 Å². The van der Waals surface area contributed by atoms with Crippen molar-refractivity contribution in [1.29, 1.82) is 0 Å². The van der Waals surface area contributed by atoms with Crippen LogP contribution in [0.3, 0.4) is 0 Å². The Kier molecular flexibility index (Phi) is 10.1. The molecule has 2 aromatic heterocycles. The van der Waals surface area contributed by atoms with Gasteiger partial charge in [-0.25, -0.2) is 22.9 Å². The van der Waals surface area contributed by atoms with Gasteiger partial charge in [-0.05, 0) is 43.0 Å². The van der Waals surface area contributed by atoms with Gasteiger partial charge < -0.3 is 29.7 Å². The van der Waals surface area contributed by atoms with E-state index in [2.05, 4.69) is 20.9 Å². The number of benzene rings is 2. The Hall–Kier alpha value is -5.29. The summed E-state index contributed by atoms with van der Waals surface area (Å²) in [6.07, 6.45) is -3.88. The highest BCUT2D eigenvalue weighted by atomic mass is 19.4. The molecule has 3 N–H and O–H groups in total. The first-order chi connectivity index (χ1) is 25.4. The van der Waals surface area contributed by atoms with E-state index in [9.17, 15) is 45.3 Å². The molecule has 0 spiro atoms. The minimum atomic E-state index is -5.08. The van der Waals surface area contributed by atoms with Gasteiger partial charge in [0.1, 0.15) is 53.4 Å². The number of ether oxygens (including phenoxy) is 2. The predicted octanol–water partition coefficient (Wildman–Crippen LogP) is 5.52. The van der Waals surface area contributed by atoms with Crippen molar-refractivity contribution in [2.45, 2.75) is 49.4 Å². The lowest BCUT2D eigenvalue weighted by Gasteiger charge is -2.32. The molecule has 0 bridgehead atoms. The number of phenolic OH excluding ortho intramolecular Hbond substituents is 1. The number of β-amino-alcohol motifs (C(OH)–C–C–N with tert-alkyl or cyclic N) is 1. The Morgan fingerprint density at radius 2 is 1.83 bits per heavy atom. The van der Waals surface area contributed by atoms with Gasteiger partial charge in [-0.15, -0.1) is 6.42 Å². The molecule has 0 radical (unpaired) electrons. The molecule has 2 aromatic carbocycles. The number of nitrogens with zero attached hydrogens (tertiary/aromatic N) is 5. The first-order valence-electron chi connectivity index (χ1n) is 16.1. The minimum absolute atomic E-state index is 0.0140. The summed E-state index contributed by atoms with van der Waals surface area (Å²) in [7, 11) is 0. The van der Waals surface area contributed by atoms with Crippen LogP contribution < -0.4 is 14.4 Å². The van der Waals surface area contributed by atoms with Crippen LogP contribution in [0.15, 0.2) is 24.3 Å². The van der Waals surface area contributed by atoms with Crippen LogP contribution >= 0.6 is 0 Å². The number of hydrogen-bond donors (Lipinski definition) is 3. The Labute approximate surface area is 298 Å². The monoisotopic (exact) mass is 773 g/mol. The summed E-state index contributed by atoms with van der Waals surface area (Å²) in [5.41, 5.74) is -2.19. The number of hydrogen-bond acceptors (Lipinski definition) is 10. The molecule has 20 heteroatoms. The molecule has 7 rings (SSSR count). The number of aliphatic hydroxyl groups is 1. The van der Waals surface area contributed by atoms with Gasteiger partial charge in [0.2, 0.25) is 5.88 Å². The van der Waals surface area contributed by atoms with E-state index in [1.54, 1.807) is 0 Å². The van der Waals surface area contributed by atoms with Gasteiger partial charge in [-0.3, -0.25) is 4.90 Å². The fourth-order valence-corrected chi connectivity index (χ4v) is 7.10. The van der Waals surface area contributed by atoms with Crippen molar-refractivity contribution in [3.63, 3.8) is 0 Å². The number of aromatic hydroxyl groups is 1. The van der Waals surface area contributed by atoms with E-state index in [1.165, 1.54) is 12.1 Å². The van der Waals surface area contributed by atoms with Crippen molar-refractivity contribution >= 4 is 33.5 Å². The molecule has 288 valence electrons. The topological polar surface area (TPSA) is 141 Å². The molecule has 3 aliphatic heterocycles. The maximum Gasteiger partial charge on any atom is 0.490 e. The van der Waals surface area contributed by atoms with Crippen LogP contribution in [-0.2, 0) is 4.79 Å². The van der Waals surface area contributed by atoms with Crippen LogP contribution in [0.25, 0.3) is 32.9 Å². The number of carboxylic acid groups (broad SMARTS) is 1. The van der Waals surface area contributed by atoms with Crippen LogP contribution in [0.2, 0.25) is 0 Å². The number of carbonyl (C=O) groups is 1. The van der Waals surface area contributed by atoms with Gasteiger partial charge in [-0.2, -0.15) is 36.3 Å². The van der Waals surface area contributed by atoms with Gasteiger partial charge in [-0.1, -0.05) is 12.0 Å². The summed E-state index contributed by atoms with van der Waals surface area (Å²) < 4.78 is 133. The number of aromatic nitrogens is 3. The lowest BCUT2D eigenvalue weighted by Crippen LogP contribution is -2.50.